The van der Waals surface area contributed by atoms with Gasteiger partial charge in [-0.15, -0.1) is 11.3 Å². The monoisotopic (exact) mass is 414 g/mol. The molecule has 2 aromatic heterocycles. The number of halogens is 2. The van der Waals surface area contributed by atoms with Crippen LogP contribution in [0.5, 0.6) is 0 Å². The number of nitrogens with zero attached hydrogens (tertiary/aromatic N) is 2. The summed E-state index contributed by atoms with van der Waals surface area (Å²) in [5, 5.41) is 0. The molecular formula is C14H12Br2N2OS. The summed E-state index contributed by atoms with van der Waals surface area (Å²) in [5.74, 6) is 0.104. The maximum Gasteiger partial charge on any atom is 0.264 e. The van der Waals surface area contributed by atoms with E-state index in [4.69, 9.17) is 0 Å². The smallest absolute Gasteiger partial charge is 0.264 e. The second-order valence-corrected chi connectivity index (χ2v) is 7.90. The average Bonchev–Trinajstić information content (AvgIpc) is 3.07. The largest absolute Gasteiger partial charge is 0.331 e. The molecule has 0 N–H and O–H groups in total. The van der Waals surface area contributed by atoms with Gasteiger partial charge >= 0.3 is 0 Å². The first-order chi connectivity index (χ1) is 9.66. The molecule has 1 unspecified atom stereocenters. The molecular weight excluding hydrogens is 404 g/mol. The summed E-state index contributed by atoms with van der Waals surface area (Å²) in [6, 6.07) is 6.00. The van der Waals surface area contributed by atoms with Crippen LogP contribution >= 0.6 is 43.2 Å². The Bertz CT molecular complexity index is 610. The summed E-state index contributed by atoms with van der Waals surface area (Å²) in [7, 11) is 0. The van der Waals surface area contributed by atoms with Crippen molar-refractivity contribution in [1.82, 2.24) is 9.88 Å². The second-order valence-electron chi connectivity index (χ2n) is 4.68. The van der Waals surface area contributed by atoms with E-state index < -0.39 is 0 Å². The van der Waals surface area contributed by atoms with Crippen molar-refractivity contribution in [1.29, 1.82) is 0 Å². The zero-order valence-corrected chi connectivity index (χ0v) is 14.5. The zero-order chi connectivity index (χ0) is 14.1. The summed E-state index contributed by atoms with van der Waals surface area (Å²) in [5.41, 5.74) is 1.12. The van der Waals surface area contributed by atoms with Gasteiger partial charge in [-0.05, 0) is 62.4 Å². The molecule has 20 heavy (non-hydrogen) atoms. The van der Waals surface area contributed by atoms with Crippen molar-refractivity contribution in [3.63, 3.8) is 0 Å². The van der Waals surface area contributed by atoms with Gasteiger partial charge in [-0.1, -0.05) is 6.07 Å². The predicted molar refractivity (Wildman–Crippen MR) is 87.0 cm³/mol. The van der Waals surface area contributed by atoms with Gasteiger partial charge in [0.2, 0.25) is 0 Å². The van der Waals surface area contributed by atoms with E-state index >= 15 is 0 Å². The molecule has 0 radical (unpaired) electrons. The lowest BCUT2D eigenvalue weighted by atomic mass is 10.1. The number of rotatable bonds is 2. The molecule has 0 bridgehead atoms. The molecule has 0 spiro atoms. The van der Waals surface area contributed by atoms with E-state index in [1.165, 1.54) is 11.3 Å². The molecule has 0 aromatic carbocycles. The third-order valence-electron chi connectivity index (χ3n) is 3.44. The summed E-state index contributed by atoms with van der Waals surface area (Å²) in [6.45, 7) is 0.811. The molecule has 1 atom stereocenters. The number of hydrogen-bond acceptors (Lipinski definition) is 3. The fraction of sp³-hybridized carbons (Fsp3) is 0.286. The van der Waals surface area contributed by atoms with E-state index in [1.54, 1.807) is 6.20 Å². The van der Waals surface area contributed by atoms with Crippen LogP contribution in [0.15, 0.2) is 38.9 Å². The Hall–Kier alpha value is -0.720. The minimum atomic E-state index is 0.104. The Morgan fingerprint density at radius 2 is 2.30 bits per heavy atom. The lowest BCUT2D eigenvalue weighted by Gasteiger charge is -2.24. The van der Waals surface area contributed by atoms with Crippen LogP contribution in [0.2, 0.25) is 0 Å². The highest BCUT2D eigenvalue weighted by molar-refractivity contribution is 9.13. The summed E-state index contributed by atoms with van der Waals surface area (Å²) >= 11 is 8.35. The quantitative estimate of drug-likeness (QED) is 0.715. The first kappa shape index (κ1) is 14.2. The van der Waals surface area contributed by atoms with Crippen molar-refractivity contribution in [2.24, 2.45) is 0 Å². The highest BCUT2D eigenvalue weighted by atomic mass is 79.9. The maximum atomic E-state index is 12.7. The van der Waals surface area contributed by atoms with Gasteiger partial charge in [0.1, 0.15) is 0 Å². The molecule has 1 amide bonds. The Labute approximate surface area is 138 Å². The fourth-order valence-electron chi connectivity index (χ4n) is 2.52. The van der Waals surface area contributed by atoms with Crippen molar-refractivity contribution in [3.05, 3.63) is 49.3 Å². The minimum absolute atomic E-state index is 0.104. The van der Waals surface area contributed by atoms with Crippen molar-refractivity contribution < 1.29 is 4.79 Å². The molecule has 0 saturated carbocycles. The Balaban J connectivity index is 1.87. The van der Waals surface area contributed by atoms with E-state index in [0.29, 0.717) is 0 Å². The number of likely N-dealkylation sites (tertiary alicyclic amines) is 1. The third-order valence-corrected chi connectivity index (χ3v) is 6.68. The number of carbonyl (C=O) groups is 1. The van der Waals surface area contributed by atoms with E-state index in [1.807, 2.05) is 29.3 Å². The molecule has 1 aliphatic rings. The van der Waals surface area contributed by atoms with Gasteiger partial charge in [-0.2, -0.15) is 0 Å². The number of amides is 1. The van der Waals surface area contributed by atoms with Crippen LogP contribution < -0.4 is 0 Å². The topological polar surface area (TPSA) is 33.2 Å². The van der Waals surface area contributed by atoms with Gasteiger partial charge in [-0.25, -0.2) is 0 Å². The molecule has 1 saturated heterocycles. The number of carbonyl (C=O) groups excluding carboxylic acids is 1. The van der Waals surface area contributed by atoms with Gasteiger partial charge in [0.05, 0.1) is 14.7 Å². The summed E-state index contributed by atoms with van der Waals surface area (Å²) in [4.78, 5) is 19.6. The van der Waals surface area contributed by atoms with Crippen molar-refractivity contribution in [3.8, 4) is 0 Å². The van der Waals surface area contributed by atoms with Gasteiger partial charge in [0.25, 0.3) is 5.91 Å². The Morgan fingerprint density at radius 3 is 2.95 bits per heavy atom. The molecule has 0 aliphatic carbocycles. The zero-order valence-electron chi connectivity index (χ0n) is 10.6. The van der Waals surface area contributed by atoms with E-state index in [-0.39, 0.29) is 11.9 Å². The van der Waals surface area contributed by atoms with Gasteiger partial charge in [0, 0.05) is 23.4 Å². The maximum absolute atomic E-state index is 12.7. The molecule has 3 nitrogen and oxygen atoms in total. The number of pyridine rings is 1. The van der Waals surface area contributed by atoms with Gasteiger partial charge < -0.3 is 4.90 Å². The second kappa shape index (κ2) is 5.95. The normalized spacial score (nSPS) is 18.5. The van der Waals surface area contributed by atoms with Crippen molar-refractivity contribution >= 4 is 49.1 Å². The van der Waals surface area contributed by atoms with Crippen molar-refractivity contribution in [2.75, 3.05) is 6.54 Å². The summed E-state index contributed by atoms with van der Waals surface area (Å²) < 4.78 is 1.89. The van der Waals surface area contributed by atoms with Crippen LogP contribution in [-0.4, -0.2) is 22.3 Å². The average molecular weight is 416 g/mol. The van der Waals surface area contributed by atoms with E-state index in [2.05, 4.69) is 36.8 Å². The highest BCUT2D eigenvalue weighted by Crippen LogP contribution is 2.37. The first-order valence-corrected chi connectivity index (χ1v) is 8.73. The number of thiophene rings is 1. The third kappa shape index (κ3) is 2.69. The molecule has 1 fully saturated rings. The first-order valence-electron chi connectivity index (χ1n) is 6.32. The fourth-order valence-corrected chi connectivity index (χ4v) is 4.51. The van der Waals surface area contributed by atoms with Gasteiger partial charge in [0.15, 0.2) is 0 Å². The van der Waals surface area contributed by atoms with Crippen molar-refractivity contribution in [2.45, 2.75) is 18.9 Å². The van der Waals surface area contributed by atoms with E-state index in [0.717, 1.165) is 38.1 Å². The standard InChI is InChI=1S/C14H12Br2N2OS/c15-10-7-12(20-13(10)16)14(19)18-6-2-4-11(18)9-3-1-5-17-8-9/h1,3,5,7-8,11H,2,4,6H2. The van der Waals surface area contributed by atoms with Crippen LogP contribution in [0.3, 0.4) is 0 Å². The lowest BCUT2D eigenvalue weighted by molar-refractivity contribution is 0.0740. The lowest BCUT2D eigenvalue weighted by Crippen LogP contribution is -2.30. The van der Waals surface area contributed by atoms with Crippen LogP contribution in [-0.2, 0) is 0 Å². The SMILES string of the molecule is O=C(c1cc(Br)c(Br)s1)N1CCCC1c1cccnc1. The van der Waals surface area contributed by atoms with Crippen LogP contribution in [0.1, 0.15) is 34.1 Å². The van der Waals surface area contributed by atoms with E-state index in [9.17, 15) is 4.79 Å². The van der Waals surface area contributed by atoms with Crippen LogP contribution in [0.25, 0.3) is 0 Å². The Kier molecular flexibility index (Phi) is 4.23. The number of aromatic nitrogens is 1. The van der Waals surface area contributed by atoms with Crippen LogP contribution in [0, 0.1) is 0 Å². The molecule has 3 rings (SSSR count). The molecule has 1 aliphatic heterocycles. The summed E-state index contributed by atoms with van der Waals surface area (Å²) in [6.07, 6.45) is 5.67. The minimum Gasteiger partial charge on any atom is -0.331 e. The molecule has 2 aromatic rings. The molecule has 104 valence electrons. The molecule has 3 heterocycles. The number of hydrogen-bond donors (Lipinski definition) is 0. The Morgan fingerprint density at radius 1 is 1.45 bits per heavy atom. The predicted octanol–water partition coefficient (Wildman–Crippen LogP) is 4.65. The van der Waals surface area contributed by atoms with Gasteiger partial charge in [-0.3, -0.25) is 9.78 Å². The van der Waals surface area contributed by atoms with Crippen LogP contribution in [0.4, 0.5) is 0 Å². The molecule has 6 heteroatoms. The highest BCUT2D eigenvalue weighted by Gasteiger charge is 2.31.